The molecule has 0 amide bonds. The number of hydrogen-bond donors (Lipinski definition) is 1. The minimum absolute atomic E-state index is 0.213. The number of nitrogens with one attached hydrogen (secondary N) is 1. The zero-order chi connectivity index (χ0) is 16.6. The summed E-state index contributed by atoms with van der Waals surface area (Å²) < 4.78 is 6.38. The molecule has 1 saturated carbocycles. The van der Waals surface area contributed by atoms with Gasteiger partial charge in [-0.05, 0) is 33.2 Å². The van der Waals surface area contributed by atoms with E-state index in [9.17, 15) is 9.59 Å². The van der Waals surface area contributed by atoms with Gasteiger partial charge in [0.1, 0.15) is 5.56 Å². The van der Waals surface area contributed by atoms with Crippen LogP contribution in [-0.4, -0.2) is 44.7 Å². The Labute approximate surface area is 134 Å². The van der Waals surface area contributed by atoms with Crippen molar-refractivity contribution in [3.05, 3.63) is 33.4 Å². The van der Waals surface area contributed by atoms with Crippen molar-refractivity contribution in [2.24, 2.45) is 0 Å². The fraction of sp³-hybridized carbons (Fsp3) is 0.562. The van der Waals surface area contributed by atoms with Gasteiger partial charge in [0.15, 0.2) is 5.65 Å². The molecule has 23 heavy (non-hydrogen) atoms. The van der Waals surface area contributed by atoms with Gasteiger partial charge in [-0.3, -0.25) is 14.8 Å². The van der Waals surface area contributed by atoms with Gasteiger partial charge < -0.3 is 4.74 Å². The van der Waals surface area contributed by atoms with Crippen molar-refractivity contribution in [1.29, 1.82) is 0 Å². The Morgan fingerprint density at radius 2 is 2.22 bits per heavy atom. The second kappa shape index (κ2) is 6.16. The molecule has 1 fully saturated rings. The maximum Gasteiger partial charge on any atom is 0.343 e. The maximum absolute atomic E-state index is 12.3. The highest BCUT2D eigenvalue weighted by molar-refractivity contribution is 5.97. The number of ether oxygens (including phenoxy) is 1. The van der Waals surface area contributed by atoms with E-state index in [-0.39, 0.29) is 12.2 Å². The molecule has 3 rings (SSSR count). The fourth-order valence-corrected chi connectivity index (χ4v) is 2.87. The zero-order valence-electron chi connectivity index (χ0n) is 13.8. The lowest BCUT2D eigenvalue weighted by molar-refractivity contribution is 0.0527. The summed E-state index contributed by atoms with van der Waals surface area (Å²) in [5.41, 5.74) is 1.74. The summed E-state index contributed by atoms with van der Waals surface area (Å²) >= 11 is 0. The van der Waals surface area contributed by atoms with Crippen molar-refractivity contribution in [2.75, 3.05) is 13.2 Å². The average molecular weight is 318 g/mol. The standard InChI is InChI=1S/C16H22N4O3/c1-4-19(12-6-7-12)9-11-8-13(21)20-15(17-11)14(10(3)18-20)16(22)23-5-2/h8,12,18H,4-7,9H2,1-3H3. The molecule has 2 aromatic heterocycles. The summed E-state index contributed by atoms with van der Waals surface area (Å²) in [6.45, 7) is 7.42. The van der Waals surface area contributed by atoms with Crippen LogP contribution in [0.3, 0.4) is 0 Å². The van der Waals surface area contributed by atoms with E-state index in [0.717, 1.165) is 6.54 Å². The molecule has 124 valence electrons. The van der Waals surface area contributed by atoms with Crippen molar-refractivity contribution < 1.29 is 9.53 Å². The Hall–Kier alpha value is -2.15. The fourth-order valence-electron chi connectivity index (χ4n) is 2.87. The van der Waals surface area contributed by atoms with Crippen LogP contribution in [0.25, 0.3) is 5.65 Å². The first-order valence-corrected chi connectivity index (χ1v) is 8.07. The Morgan fingerprint density at radius 3 is 2.83 bits per heavy atom. The number of carbonyl (C=O) groups excluding carboxylic acids is 1. The SMILES string of the molecule is CCOC(=O)c1c(C)[nH]n2c(=O)cc(CN(CC)C3CC3)nc12. The highest BCUT2D eigenvalue weighted by atomic mass is 16.5. The molecule has 7 heteroatoms. The molecule has 0 atom stereocenters. The van der Waals surface area contributed by atoms with Gasteiger partial charge >= 0.3 is 5.97 Å². The molecule has 0 saturated heterocycles. The number of aryl methyl sites for hydroxylation is 1. The van der Waals surface area contributed by atoms with Crippen LogP contribution < -0.4 is 5.56 Å². The minimum Gasteiger partial charge on any atom is -0.462 e. The number of hydrogen-bond acceptors (Lipinski definition) is 5. The van der Waals surface area contributed by atoms with Gasteiger partial charge in [0, 0.05) is 24.3 Å². The molecule has 1 N–H and O–H groups in total. The van der Waals surface area contributed by atoms with Gasteiger partial charge in [0.25, 0.3) is 5.56 Å². The summed E-state index contributed by atoms with van der Waals surface area (Å²) in [5, 5.41) is 2.89. The van der Waals surface area contributed by atoms with E-state index >= 15 is 0 Å². The van der Waals surface area contributed by atoms with E-state index in [0.29, 0.717) is 35.2 Å². The smallest absolute Gasteiger partial charge is 0.343 e. The van der Waals surface area contributed by atoms with Crippen LogP contribution in [0.15, 0.2) is 10.9 Å². The van der Waals surface area contributed by atoms with Crippen LogP contribution in [0, 0.1) is 6.92 Å². The lowest BCUT2D eigenvalue weighted by atomic mass is 10.2. The normalized spacial score (nSPS) is 14.6. The van der Waals surface area contributed by atoms with Crippen molar-refractivity contribution in [2.45, 2.75) is 46.2 Å². The molecule has 0 aliphatic heterocycles. The number of rotatable bonds is 6. The molecule has 0 aromatic carbocycles. The first-order chi connectivity index (χ1) is 11.0. The molecule has 0 unspecified atom stereocenters. The molecule has 0 spiro atoms. The van der Waals surface area contributed by atoms with Gasteiger partial charge in [-0.2, -0.15) is 0 Å². The van der Waals surface area contributed by atoms with Crippen LogP contribution >= 0.6 is 0 Å². The third-order valence-electron chi connectivity index (χ3n) is 4.16. The average Bonchev–Trinajstić information content (AvgIpc) is 3.28. The monoisotopic (exact) mass is 318 g/mol. The highest BCUT2D eigenvalue weighted by Crippen LogP contribution is 2.27. The van der Waals surface area contributed by atoms with E-state index < -0.39 is 5.97 Å². The highest BCUT2D eigenvalue weighted by Gasteiger charge is 2.28. The Balaban J connectivity index is 2.03. The molecule has 2 heterocycles. The number of fused-ring (bicyclic) bond motifs is 1. The second-order valence-electron chi connectivity index (χ2n) is 5.87. The Morgan fingerprint density at radius 1 is 1.48 bits per heavy atom. The Bertz CT molecular complexity index is 788. The number of esters is 1. The van der Waals surface area contributed by atoms with E-state index in [2.05, 4.69) is 21.9 Å². The first kappa shape index (κ1) is 15.7. The summed E-state index contributed by atoms with van der Waals surface area (Å²) in [5.74, 6) is -0.456. The summed E-state index contributed by atoms with van der Waals surface area (Å²) in [6, 6.07) is 2.13. The van der Waals surface area contributed by atoms with Gasteiger partial charge in [-0.15, -0.1) is 0 Å². The summed E-state index contributed by atoms with van der Waals surface area (Å²) in [4.78, 5) is 31.3. The zero-order valence-corrected chi connectivity index (χ0v) is 13.8. The largest absolute Gasteiger partial charge is 0.462 e. The molecule has 2 aromatic rings. The third kappa shape index (κ3) is 3.01. The van der Waals surface area contributed by atoms with Gasteiger partial charge in [-0.25, -0.2) is 14.3 Å². The lowest BCUT2D eigenvalue weighted by Gasteiger charge is -2.18. The van der Waals surface area contributed by atoms with E-state index in [1.54, 1.807) is 13.8 Å². The number of carbonyl (C=O) groups is 1. The van der Waals surface area contributed by atoms with E-state index in [1.807, 2.05) is 0 Å². The first-order valence-electron chi connectivity index (χ1n) is 8.07. The predicted octanol–water partition coefficient (Wildman–Crippen LogP) is 1.49. The molecular formula is C16H22N4O3. The molecule has 7 nitrogen and oxygen atoms in total. The predicted molar refractivity (Wildman–Crippen MR) is 85.6 cm³/mol. The third-order valence-corrected chi connectivity index (χ3v) is 4.16. The van der Waals surface area contributed by atoms with Crippen LogP contribution in [0.5, 0.6) is 0 Å². The molecule has 1 aliphatic carbocycles. The number of nitrogens with zero attached hydrogens (tertiary/aromatic N) is 3. The second-order valence-corrected chi connectivity index (χ2v) is 5.87. The van der Waals surface area contributed by atoms with Crippen molar-refractivity contribution >= 4 is 11.6 Å². The molecule has 0 radical (unpaired) electrons. The number of H-pyrrole nitrogens is 1. The van der Waals surface area contributed by atoms with Gasteiger partial charge in [-0.1, -0.05) is 6.92 Å². The van der Waals surface area contributed by atoms with Crippen LogP contribution in [0.2, 0.25) is 0 Å². The van der Waals surface area contributed by atoms with Gasteiger partial charge in [0.05, 0.1) is 12.3 Å². The van der Waals surface area contributed by atoms with Crippen LogP contribution in [0.1, 0.15) is 48.4 Å². The topological polar surface area (TPSA) is 79.7 Å². The number of aromatic nitrogens is 3. The number of aromatic amines is 1. The molecular weight excluding hydrogens is 296 g/mol. The van der Waals surface area contributed by atoms with Gasteiger partial charge in [0.2, 0.25) is 0 Å². The van der Waals surface area contributed by atoms with Crippen molar-refractivity contribution in [1.82, 2.24) is 19.5 Å². The minimum atomic E-state index is -0.456. The van der Waals surface area contributed by atoms with E-state index in [4.69, 9.17) is 4.74 Å². The van der Waals surface area contributed by atoms with E-state index in [1.165, 1.54) is 23.4 Å². The van der Waals surface area contributed by atoms with Crippen LogP contribution in [0.4, 0.5) is 0 Å². The van der Waals surface area contributed by atoms with Crippen molar-refractivity contribution in [3.8, 4) is 0 Å². The molecule has 0 bridgehead atoms. The summed E-state index contributed by atoms with van der Waals surface area (Å²) in [7, 11) is 0. The van der Waals surface area contributed by atoms with Crippen LogP contribution in [-0.2, 0) is 11.3 Å². The maximum atomic E-state index is 12.3. The quantitative estimate of drug-likeness (QED) is 0.816. The summed E-state index contributed by atoms with van der Waals surface area (Å²) in [6.07, 6.45) is 2.40. The molecule has 1 aliphatic rings. The Kier molecular flexibility index (Phi) is 4.21. The van der Waals surface area contributed by atoms with Crippen molar-refractivity contribution in [3.63, 3.8) is 0 Å². The lowest BCUT2D eigenvalue weighted by Crippen LogP contribution is -2.27.